The molecule has 0 radical (unpaired) electrons. The standard InChI is InChI=1S/C11H18O6S2/c1-18(12,13)16-10-4-8-3-9(5-10)7-11(10,6-8)17-19(2,14)15/h8-9H,3-7H2,1-2H3. The van der Waals surface area contributed by atoms with Gasteiger partial charge in [-0.05, 0) is 43.9 Å². The first-order valence-corrected chi connectivity index (χ1v) is 9.97. The first kappa shape index (κ1) is 13.8. The van der Waals surface area contributed by atoms with Gasteiger partial charge in [-0.25, -0.2) is 0 Å². The summed E-state index contributed by atoms with van der Waals surface area (Å²) in [7, 11) is -7.28. The molecule has 4 fully saturated rings. The van der Waals surface area contributed by atoms with Crippen LogP contribution in [0.5, 0.6) is 0 Å². The molecule has 0 heterocycles. The van der Waals surface area contributed by atoms with Crippen LogP contribution in [0.4, 0.5) is 0 Å². The third-order valence-electron chi connectivity index (χ3n) is 4.59. The molecule has 0 amide bonds. The Kier molecular flexibility index (Phi) is 2.70. The molecule has 110 valence electrons. The third-order valence-corrected chi connectivity index (χ3v) is 5.84. The second-order valence-corrected chi connectivity index (χ2v) is 9.50. The van der Waals surface area contributed by atoms with Crippen LogP contribution in [0.3, 0.4) is 0 Å². The Morgan fingerprint density at radius 3 is 1.37 bits per heavy atom. The van der Waals surface area contributed by atoms with Crippen LogP contribution in [-0.2, 0) is 28.6 Å². The van der Waals surface area contributed by atoms with Crippen molar-refractivity contribution >= 4 is 20.2 Å². The van der Waals surface area contributed by atoms with Gasteiger partial charge >= 0.3 is 0 Å². The highest BCUT2D eigenvalue weighted by Crippen LogP contribution is 2.66. The highest BCUT2D eigenvalue weighted by molar-refractivity contribution is 7.86. The molecule has 0 aromatic carbocycles. The van der Waals surface area contributed by atoms with Crippen molar-refractivity contribution in [2.75, 3.05) is 12.5 Å². The lowest BCUT2D eigenvalue weighted by Gasteiger charge is -2.37. The number of hydrogen-bond donors (Lipinski definition) is 0. The molecule has 4 bridgehead atoms. The molecule has 4 aliphatic carbocycles. The smallest absolute Gasteiger partial charge is 0.260 e. The Hall–Kier alpha value is -0.180. The maximum Gasteiger partial charge on any atom is 0.265 e. The Labute approximate surface area is 113 Å². The average Bonchev–Trinajstić information content (AvgIpc) is 2.37. The van der Waals surface area contributed by atoms with Crippen LogP contribution >= 0.6 is 0 Å². The van der Waals surface area contributed by atoms with E-state index in [-0.39, 0.29) is 0 Å². The van der Waals surface area contributed by atoms with Crippen molar-refractivity contribution in [3.05, 3.63) is 0 Å². The molecule has 0 aromatic rings. The average molecular weight is 310 g/mol. The summed E-state index contributed by atoms with van der Waals surface area (Å²) in [5.41, 5.74) is -1.95. The molecular formula is C11H18O6S2. The molecule has 6 nitrogen and oxygen atoms in total. The fourth-order valence-corrected chi connectivity index (χ4v) is 6.33. The molecule has 0 N–H and O–H groups in total. The van der Waals surface area contributed by atoms with Crippen molar-refractivity contribution in [3.63, 3.8) is 0 Å². The van der Waals surface area contributed by atoms with Gasteiger partial charge in [-0.2, -0.15) is 16.8 Å². The van der Waals surface area contributed by atoms with Crippen molar-refractivity contribution in [2.24, 2.45) is 11.8 Å². The molecule has 19 heavy (non-hydrogen) atoms. The molecule has 0 aromatic heterocycles. The van der Waals surface area contributed by atoms with Crippen LogP contribution in [0, 0.1) is 11.8 Å². The van der Waals surface area contributed by atoms with Crippen molar-refractivity contribution in [3.8, 4) is 0 Å². The van der Waals surface area contributed by atoms with Gasteiger partial charge in [0, 0.05) is 0 Å². The maximum absolute atomic E-state index is 11.5. The van der Waals surface area contributed by atoms with Crippen LogP contribution in [0.15, 0.2) is 0 Å². The monoisotopic (exact) mass is 310 g/mol. The third kappa shape index (κ3) is 2.22. The molecule has 4 rings (SSSR count). The quantitative estimate of drug-likeness (QED) is 0.708. The molecule has 4 aliphatic rings. The predicted octanol–water partition coefficient (Wildman–Crippen LogP) is 0.640. The molecule has 4 saturated carbocycles. The zero-order chi connectivity index (χ0) is 14.1. The Bertz CT molecular complexity index is 539. The van der Waals surface area contributed by atoms with Gasteiger partial charge in [0.25, 0.3) is 20.2 Å². The van der Waals surface area contributed by atoms with Gasteiger partial charge in [-0.15, -0.1) is 0 Å². The van der Waals surface area contributed by atoms with E-state index in [4.69, 9.17) is 8.37 Å². The highest BCUT2D eigenvalue weighted by atomic mass is 32.2. The van der Waals surface area contributed by atoms with Crippen LogP contribution in [0.1, 0.15) is 32.1 Å². The number of rotatable bonds is 4. The normalized spacial score (nSPS) is 44.9. The fourth-order valence-electron chi connectivity index (χ4n) is 4.59. The van der Waals surface area contributed by atoms with Gasteiger partial charge < -0.3 is 0 Å². The largest absolute Gasteiger partial charge is 0.265 e. The van der Waals surface area contributed by atoms with Crippen LogP contribution in [0.2, 0.25) is 0 Å². The second-order valence-electron chi connectivity index (χ2n) is 6.35. The van der Waals surface area contributed by atoms with E-state index >= 15 is 0 Å². The first-order chi connectivity index (χ1) is 8.53. The highest BCUT2D eigenvalue weighted by Gasteiger charge is 2.71. The Morgan fingerprint density at radius 2 is 1.11 bits per heavy atom. The molecular weight excluding hydrogens is 292 g/mol. The molecule has 0 saturated heterocycles. The summed E-state index contributed by atoms with van der Waals surface area (Å²) in [6.45, 7) is 0. The van der Waals surface area contributed by atoms with E-state index in [1.54, 1.807) is 0 Å². The van der Waals surface area contributed by atoms with Gasteiger partial charge in [-0.1, -0.05) is 0 Å². The van der Waals surface area contributed by atoms with E-state index in [1.807, 2.05) is 0 Å². The lowest BCUT2D eigenvalue weighted by atomic mass is 9.81. The molecule has 0 aliphatic heterocycles. The zero-order valence-electron chi connectivity index (χ0n) is 11.0. The summed E-state index contributed by atoms with van der Waals surface area (Å²) in [6.07, 6.45) is 5.34. The van der Waals surface area contributed by atoms with E-state index in [2.05, 4.69) is 0 Å². The minimum Gasteiger partial charge on any atom is -0.260 e. The second kappa shape index (κ2) is 3.72. The van der Waals surface area contributed by atoms with Crippen molar-refractivity contribution in [1.82, 2.24) is 0 Å². The molecule has 0 spiro atoms. The minimum atomic E-state index is -3.64. The van der Waals surface area contributed by atoms with Gasteiger partial charge in [0.15, 0.2) is 0 Å². The summed E-state index contributed by atoms with van der Waals surface area (Å²) >= 11 is 0. The number of hydrogen-bond acceptors (Lipinski definition) is 6. The Balaban J connectivity index is 2.03. The summed E-state index contributed by atoms with van der Waals surface area (Å²) in [6, 6.07) is 0. The molecule has 0 atom stereocenters. The van der Waals surface area contributed by atoms with Gasteiger partial charge in [-0.3, -0.25) is 8.37 Å². The van der Waals surface area contributed by atoms with Gasteiger partial charge in [0.1, 0.15) is 11.2 Å². The van der Waals surface area contributed by atoms with E-state index in [0.29, 0.717) is 37.5 Å². The lowest BCUT2D eigenvalue weighted by molar-refractivity contribution is -0.0652. The minimum absolute atomic E-state index is 0.302. The zero-order valence-corrected chi connectivity index (χ0v) is 12.6. The summed E-state index contributed by atoms with van der Waals surface area (Å²) in [5, 5.41) is 0. The lowest BCUT2D eigenvalue weighted by Crippen LogP contribution is -2.51. The van der Waals surface area contributed by atoms with Crippen LogP contribution in [-0.4, -0.2) is 40.5 Å². The van der Waals surface area contributed by atoms with E-state index in [9.17, 15) is 16.8 Å². The predicted molar refractivity (Wildman–Crippen MR) is 67.4 cm³/mol. The van der Waals surface area contributed by atoms with Crippen molar-refractivity contribution in [2.45, 2.75) is 43.3 Å². The van der Waals surface area contributed by atoms with E-state index in [0.717, 1.165) is 18.9 Å². The van der Waals surface area contributed by atoms with Crippen molar-refractivity contribution < 1.29 is 25.2 Å². The van der Waals surface area contributed by atoms with Gasteiger partial charge in [0.05, 0.1) is 12.5 Å². The molecule has 8 heteroatoms. The fraction of sp³-hybridized carbons (Fsp3) is 1.00. The molecule has 0 unspecified atom stereocenters. The first-order valence-electron chi connectivity index (χ1n) is 6.34. The van der Waals surface area contributed by atoms with Gasteiger partial charge in [0.2, 0.25) is 0 Å². The van der Waals surface area contributed by atoms with Crippen LogP contribution < -0.4 is 0 Å². The van der Waals surface area contributed by atoms with E-state index in [1.165, 1.54) is 0 Å². The summed E-state index contributed by atoms with van der Waals surface area (Å²) in [5.74, 6) is 0.604. The SMILES string of the molecule is CS(=O)(=O)OC12CC3CC(C1)CC2(OS(C)(=O)=O)C3. The van der Waals surface area contributed by atoms with E-state index < -0.39 is 31.4 Å². The summed E-state index contributed by atoms with van der Waals surface area (Å²) < 4.78 is 56.8. The van der Waals surface area contributed by atoms with Crippen LogP contribution in [0.25, 0.3) is 0 Å². The Morgan fingerprint density at radius 1 is 0.789 bits per heavy atom. The summed E-state index contributed by atoms with van der Waals surface area (Å²) in [4.78, 5) is 0. The van der Waals surface area contributed by atoms with Crippen molar-refractivity contribution in [1.29, 1.82) is 0 Å². The maximum atomic E-state index is 11.5. The topological polar surface area (TPSA) is 86.7 Å².